The first kappa shape index (κ1) is 21.2. The van der Waals surface area contributed by atoms with Gasteiger partial charge in [-0.15, -0.1) is 10.2 Å². The molecule has 0 aliphatic heterocycles. The van der Waals surface area contributed by atoms with E-state index in [0.29, 0.717) is 22.7 Å². The lowest BCUT2D eigenvalue weighted by atomic mass is 10.2. The zero-order valence-electron chi connectivity index (χ0n) is 17.9. The molecule has 0 unspecified atom stereocenters. The number of benzene rings is 1. The van der Waals surface area contributed by atoms with E-state index in [1.807, 2.05) is 0 Å². The normalized spacial score (nSPS) is 11.9. The number of amides is 1. The fraction of sp³-hybridized carbons (Fsp3) is 0.381. The van der Waals surface area contributed by atoms with Crippen molar-refractivity contribution in [3.63, 3.8) is 0 Å². The van der Waals surface area contributed by atoms with E-state index in [9.17, 15) is 9.59 Å². The van der Waals surface area contributed by atoms with Crippen molar-refractivity contribution in [2.45, 2.75) is 52.7 Å². The van der Waals surface area contributed by atoms with Crippen LogP contribution in [0.25, 0.3) is 17.0 Å². The van der Waals surface area contributed by atoms with Gasteiger partial charge in [0.05, 0.1) is 0 Å². The third-order valence-electron chi connectivity index (χ3n) is 3.71. The number of hydrogen-bond acceptors (Lipinski definition) is 7. The van der Waals surface area contributed by atoms with Crippen LogP contribution in [0.5, 0.6) is 0 Å². The first-order valence-electron chi connectivity index (χ1n) is 9.47. The standard InChI is InChI=1S/C21H25N5O4/c1-20(2,3)29-18(27)15-11-12-22-26-16(24-25-17(15)26)13-7-9-14(10-8-13)23-19(28)30-21(4,5)6/h7-12H,1-6H3,(H,23,28). The van der Waals surface area contributed by atoms with Crippen LogP contribution in [0, 0.1) is 0 Å². The zero-order valence-corrected chi connectivity index (χ0v) is 17.9. The highest BCUT2D eigenvalue weighted by molar-refractivity contribution is 5.96. The number of ether oxygens (including phenoxy) is 2. The summed E-state index contributed by atoms with van der Waals surface area (Å²) in [5, 5.41) is 15.2. The molecule has 0 saturated carbocycles. The first-order chi connectivity index (χ1) is 13.9. The van der Waals surface area contributed by atoms with E-state index in [-0.39, 0.29) is 5.56 Å². The van der Waals surface area contributed by atoms with Gasteiger partial charge in [0, 0.05) is 17.4 Å². The van der Waals surface area contributed by atoms with Gasteiger partial charge >= 0.3 is 12.1 Å². The van der Waals surface area contributed by atoms with Gasteiger partial charge in [0.25, 0.3) is 0 Å². The predicted octanol–water partition coefficient (Wildman–Crippen LogP) is 4.09. The highest BCUT2D eigenvalue weighted by Crippen LogP contribution is 2.22. The third kappa shape index (κ3) is 5.11. The molecular formula is C21H25N5O4. The van der Waals surface area contributed by atoms with Crippen LogP contribution in [-0.4, -0.2) is 43.1 Å². The Morgan fingerprint density at radius 3 is 2.13 bits per heavy atom. The summed E-state index contributed by atoms with van der Waals surface area (Å²) in [7, 11) is 0. The Bertz CT molecular complexity index is 1080. The average molecular weight is 411 g/mol. The van der Waals surface area contributed by atoms with E-state index in [1.165, 1.54) is 10.7 Å². The minimum absolute atomic E-state index is 0.280. The van der Waals surface area contributed by atoms with Crippen molar-refractivity contribution < 1.29 is 19.1 Å². The van der Waals surface area contributed by atoms with Crippen LogP contribution in [0.1, 0.15) is 51.9 Å². The van der Waals surface area contributed by atoms with Crippen LogP contribution in [0.4, 0.5) is 10.5 Å². The molecule has 3 aromatic rings. The van der Waals surface area contributed by atoms with Gasteiger partial charge in [-0.05, 0) is 71.9 Å². The van der Waals surface area contributed by atoms with E-state index in [0.717, 1.165) is 0 Å². The lowest BCUT2D eigenvalue weighted by molar-refractivity contribution is 0.00706. The summed E-state index contributed by atoms with van der Waals surface area (Å²) in [6.45, 7) is 10.8. The van der Waals surface area contributed by atoms with Crippen molar-refractivity contribution in [1.82, 2.24) is 19.8 Å². The van der Waals surface area contributed by atoms with Crippen molar-refractivity contribution in [3.05, 3.63) is 42.1 Å². The third-order valence-corrected chi connectivity index (χ3v) is 3.71. The molecule has 0 fully saturated rings. The number of aromatic nitrogens is 4. The van der Waals surface area contributed by atoms with Crippen LogP contribution in [0.3, 0.4) is 0 Å². The SMILES string of the molecule is CC(C)(C)OC(=O)Nc1ccc(-c2nnc3c(C(=O)OC(C)(C)C)ccnn23)cc1. The fourth-order valence-electron chi connectivity index (χ4n) is 2.60. The molecule has 0 atom stereocenters. The first-order valence-corrected chi connectivity index (χ1v) is 9.47. The van der Waals surface area contributed by atoms with Crippen LogP contribution in [0.2, 0.25) is 0 Å². The molecule has 1 N–H and O–H groups in total. The second-order valence-corrected chi connectivity index (χ2v) is 8.71. The van der Waals surface area contributed by atoms with Crippen molar-refractivity contribution in [1.29, 1.82) is 0 Å². The molecule has 158 valence electrons. The summed E-state index contributed by atoms with van der Waals surface area (Å²) in [6.07, 6.45) is 0.962. The summed E-state index contributed by atoms with van der Waals surface area (Å²) in [4.78, 5) is 24.4. The van der Waals surface area contributed by atoms with Gasteiger partial charge in [0.1, 0.15) is 16.8 Å². The second-order valence-electron chi connectivity index (χ2n) is 8.71. The van der Waals surface area contributed by atoms with Gasteiger partial charge in [0.2, 0.25) is 0 Å². The zero-order chi connectivity index (χ0) is 22.1. The molecule has 9 nitrogen and oxygen atoms in total. The van der Waals surface area contributed by atoms with Crippen molar-refractivity contribution in [2.24, 2.45) is 0 Å². The molecule has 1 aromatic carbocycles. The largest absolute Gasteiger partial charge is 0.456 e. The number of carbonyl (C=O) groups is 2. The minimum Gasteiger partial charge on any atom is -0.456 e. The monoisotopic (exact) mass is 411 g/mol. The number of rotatable bonds is 3. The summed E-state index contributed by atoms with van der Waals surface area (Å²) >= 11 is 0. The van der Waals surface area contributed by atoms with Crippen molar-refractivity contribution in [2.75, 3.05) is 5.32 Å². The Morgan fingerprint density at radius 1 is 0.900 bits per heavy atom. The number of nitrogens with zero attached hydrogens (tertiary/aromatic N) is 4. The van der Waals surface area contributed by atoms with E-state index in [2.05, 4.69) is 20.6 Å². The summed E-state index contributed by atoms with van der Waals surface area (Å²) in [5.41, 5.74) is 0.661. The second kappa shape index (κ2) is 7.74. The van der Waals surface area contributed by atoms with E-state index in [4.69, 9.17) is 9.47 Å². The Hall–Kier alpha value is -3.49. The molecule has 2 aromatic heterocycles. The van der Waals surface area contributed by atoms with Crippen LogP contribution >= 0.6 is 0 Å². The Morgan fingerprint density at radius 2 is 1.53 bits per heavy atom. The van der Waals surface area contributed by atoms with E-state index < -0.39 is 23.3 Å². The van der Waals surface area contributed by atoms with Gasteiger partial charge in [-0.25, -0.2) is 9.59 Å². The molecular weight excluding hydrogens is 386 g/mol. The highest BCUT2D eigenvalue weighted by Gasteiger charge is 2.23. The van der Waals surface area contributed by atoms with Crippen LogP contribution in [-0.2, 0) is 9.47 Å². The van der Waals surface area contributed by atoms with Gasteiger partial charge in [-0.2, -0.15) is 9.61 Å². The summed E-state index contributed by atoms with van der Waals surface area (Å²) in [5.74, 6) is -0.0371. The molecule has 3 rings (SSSR count). The van der Waals surface area contributed by atoms with Crippen molar-refractivity contribution in [3.8, 4) is 11.4 Å². The van der Waals surface area contributed by atoms with Gasteiger partial charge in [-0.1, -0.05) is 0 Å². The van der Waals surface area contributed by atoms with E-state index in [1.54, 1.807) is 71.9 Å². The van der Waals surface area contributed by atoms with Crippen LogP contribution in [0.15, 0.2) is 36.5 Å². The Kier molecular flexibility index (Phi) is 5.47. The molecule has 0 radical (unpaired) electrons. The number of hydrogen-bond donors (Lipinski definition) is 1. The molecule has 0 aliphatic rings. The molecule has 2 heterocycles. The number of esters is 1. The summed E-state index contributed by atoms with van der Waals surface area (Å²) < 4.78 is 12.2. The lowest BCUT2D eigenvalue weighted by Crippen LogP contribution is -2.27. The number of anilines is 1. The smallest absolute Gasteiger partial charge is 0.412 e. The Labute approximate surface area is 174 Å². The minimum atomic E-state index is -0.628. The van der Waals surface area contributed by atoms with Gasteiger partial charge < -0.3 is 9.47 Å². The molecule has 9 heteroatoms. The molecule has 30 heavy (non-hydrogen) atoms. The number of nitrogens with one attached hydrogen (secondary N) is 1. The molecule has 1 amide bonds. The topological polar surface area (TPSA) is 108 Å². The van der Waals surface area contributed by atoms with Crippen molar-refractivity contribution >= 4 is 23.4 Å². The van der Waals surface area contributed by atoms with Gasteiger partial charge in [-0.3, -0.25) is 5.32 Å². The molecule has 0 aliphatic carbocycles. The summed E-state index contributed by atoms with van der Waals surface area (Å²) in [6, 6.07) is 8.53. The maximum absolute atomic E-state index is 12.5. The average Bonchev–Trinajstić information content (AvgIpc) is 3.03. The predicted molar refractivity (Wildman–Crippen MR) is 111 cm³/mol. The maximum atomic E-state index is 12.5. The molecule has 0 saturated heterocycles. The Balaban J connectivity index is 1.85. The fourth-order valence-corrected chi connectivity index (χ4v) is 2.60. The van der Waals surface area contributed by atoms with Crippen LogP contribution < -0.4 is 5.32 Å². The highest BCUT2D eigenvalue weighted by atomic mass is 16.6. The molecule has 0 spiro atoms. The number of fused-ring (bicyclic) bond motifs is 1. The number of carbonyl (C=O) groups excluding carboxylic acids is 2. The lowest BCUT2D eigenvalue weighted by Gasteiger charge is -2.19. The molecule has 0 bridgehead atoms. The quantitative estimate of drug-likeness (QED) is 0.647. The van der Waals surface area contributed by atoms with E-state index >= 15 is 0 Å². The maximum Gasteiger partial charge on any atom is 0.412 e. The van der Waals surface area contributed by atoms with Gasteiger partial charge in [0.15, 0.2) is 11.5 Å².